The lowest BCUT2D eigenvalue weighted by molar-refractivity contribution is 0.407. The van der Waals surface area contributed by atoms with Crippen LogP contribution in [-0.4, -0.2) is 31.8 Å². The molecule has 24 heavy (non-hydrogen) atoms. The number of rotatable bonds is 5. The van der Waals surface area contributed by atoms with Gasteiger partial charge < -0.3 is 10.1 Å². The first kappa shape index (κ1) is 15.9. The number of ether oxygens (including phenoxy) is 1. The second kappa shape index (κ2) is 6.66. The highest BCUT2D eigenvalue weighted by molar-refractivity contribution is 5.55. The standard InChI is InChI=1S/C17H20N6O/c1-11-9-19-14(12(2)16(11)24-4)10-20-17-18-7-5-13(22-17)15-6-8-21-23(15)3/h5-9H,10H2,1-4H3,(H,18,20,22). The van der Waals surface area contributed by atoms with E-state index >= 15 is 0 Å². The van der Waals surface area contributed by atoms with Crippen LogP contribution >= 0.6 is 0 Å². The zero-order valence-electron chi connectivity index (χ0n) is 14.2. The Bertz CT molecular complexity index is 858. The van der Waals surface area contributed by atoms with Gasteiger partial charge in [-0.05, 0) is 26.0 Å². The summed E-state index contributed by atoms with van der Waals surface area (Å²) in [5.74, 6) is 1.42. The number of anilines is 1. The predicted octanol–water partition coefficient (Wildman–Crippen LogP) is 2.51. The molecule has 3 aromatic heterocycles. The normalized spacial score (nSPS) is 10.7. The Morgan fingerprint density at radius 1 is 1.17 bits per heavy atom. The number of hydrogen-bond donors (Lipinski definition) is 1. The average molecular weight is 324 g/mol. The summed E-state index contributed by atoms with van der Waals surface area (Å²) in [5, 5.41) is 7.39. The molecule has 3 rings (SSSR count). The molecule has 0 aromatic carbocycles. The van der Waals surface area contributed by atoms with Crippen LogP contribution in [0.3, 0.4) is 0 Å². The van der Waals surface area contributed by atoms with Crippen LogP contribution < -0.4 is 10.1 Å². The number of methoxy groups -OCH3 is 1. The van der Waals surface area contributed by atoms with Gasteiger partial charge in [0.25, 0.3) is 0 Å². The van der Waals surface area contributed by atoms with Gasteiger partial charge in [-0.2, -0.15) is 5.10 Å². The van der Waals surface area contributed by atoms with Gasteiger partial charge in [0, 0.05) is 36.8 Å². The zero-order valence-corrected chi connectivity index (χ0v) is 14.2. The smallest absolute Gasteiger partial charge is 0.223 e. The van der Waals surface area contributed by atoms with Crippen molar-refractivity contribution in [2.24, 2.45) is 7.05 Å². The molecule has 1 N–H and O–H groups in total. The van der Waals surface area contributed by atoms with Gasteiger partial charge in [-0.1, -0.05) is 0 Å². The maximum absolute atomic E-state index is 5.44. The molecule has 0 aliphatic heterocycles. The Balaban J connectivity index is 1.80. The summed E-state index contributed by atoms with van der Waals surface area (Å²) >= 11 is 0. The van der Waals surface area contributed by atoms with Gasteiger partial charge in [0.2, 0.25) is 5.95 Å². The first-order chi connectivity index (χ1) is 11.6. The summed E-state index contributed by atoms with van der Waals surface area (Å²) in [6.45, 7) is 4.51. The van der Waals surface area contributed by atoms with Crippen molar-refractivity contribution in [2.45, 2.75) is 20.4 Å². The molecule has 0 spiro atoms. The Labute approximate surface area is 140 Å². The van der Waals surface area contributed by atoms with Crippen LogP contribution in [0.2, 0.25) is 0 Å². The van der Waals surface area contributed by atoms with Crippen LogP contribution in [0.4, 0.5) is 5.95 Å². The van der Waals surface area contributed by atoms with E-state index in [1.54, 1.807) is 24.2 Å². The molecule has 0 aliphatic rings. The molecule has 7 heteroatoms. The Morgan fingerprint density at radius 3 is 2.71 bits per heavy atom. The van der Waals surface area contributed by atoms with Gasteiger partial charge in [0.1, 0.15) is 5.75 Å². The van der Waals surface area contributed by atoms with Crippen molar-refractivity contribution in [1.29, 1.82) is 0 Å². The van der Waals surface area contributed by atoms with E-state index in [1.807, 2.05) is 39.2 Å². The third-order valence-corrected chi connectivity index (χ3v) is 3.90. The molecule has 0 saturated heterocycles. The quantitative estimate of drug-likeness (QED) is 0.777. The summed E-state index contributed by atoms with van der Waals surface area (Å²) in [6, 6.07) is 3.78. The van der Waals surface area contributed by atoms with Crippen molar-refractivity contribution >= 4 is 5.95 Å². The highest BCUT2D eigenvalue weighted by Crippen LogP contribution is 2.24. The first-order valence-electron chi connectivity index (χ1n) is 7.64. The monoisotopic (exact) mass is 324 g/mol. The minimum atomic E-state index is 0.525. The van der Waals surface area contributed by atoms with Gasteiger partial charge in [-0.15, -0.1) is 0 Å². The molecular weight excluding hydrogens is 304 g/mol. The number of pyridine rings is 1. The van der Waals surface area contributed by atoms with Crippen LogP contribution in [0, 0.1) is 13.8 Å². The largest absolute Gasteiger partial charge is 0.496 e. The van der Waals surface area contributed by atoms with Crippen LogP contribution in [-0.2, 0) is 13.6 Å². The summed E-state index contributed by atoms with van der Waals surface area (Å²) in [4.78, 5) is 13.3. The summed E-state index contributed by atoms with van der Waals surface area (Å²) < 4.78 is 7.22. The summed E-state index contributed by atoms with van der Waals surface area (Å²) in [5.41, 5.74) is 4.71. The molecule has 0 radical (unpaired) electrons. The third kappa shape index (κ3) is 3.05. The van der Waals surface area contributed by atoms with E-state index in [-0.39, 0.29) is 0 Å². The van der Waals surface area contributed by atoms with E-state index in [9.17, 15) is 0 Å². The molecule has 0 amide bonds. The molecule has 0 saturated carbocycles. The fourth-order valence-corrected chi connectivity index (χ4v) is 2.62. The molecular formula is C17H20N6O. The summed E-state index contributed by atoms with van der Waals surface area (Å²) in [7, 11) is 3.56. The third-order valence-electron chi connectivity index (χ3n) is 3.90. The van der Waals surface area contributed by atoms with Crippen molar-refractivity contribution in [1.82, 2.24) is 24.7 Å². The Morgan fingerprint density at radius 2 is 2.00 bits per heavy atom. The van der Waals surface area contributed by atoms with Crippen molar-refractivity contribution in [3.05, 3.63) is 47.5 Å². The zero-order chi connectivity index (χ0) is 17.1. The lowest BCUT2D eigenvalue weighted by Gasteiger charge is -2.13. The molecule has 3 heterocycles. The van der Waals surface area contributed by atoms with Crippen molar-refractivity contribution in [3.8, 4) is 17.1 Å². The lowest BCUT2D eigenvalue weighted by atomic mass is 10.1. The molecule has 0 unspecified atom stereocenters. The van der Waals surface area contributed by atoms with E-state index in [1.165, 1.54) is 0 Å². The van der Waals surface area contributed by atoms with Crippen LogP contribution in [0.5, 0.6) is 5.75 Å². The highest BCUT2D eigenvalue weighted by atomic mass is 16.5. The Kier molecular flexibility index (Phi) is 4.41. The van der Waals surface area contributed by atoms with Crippen LogP contribution in [0.1, 0.15) is 16.8 Å². The van der Waals surface area contributed by atoms with Crippen molar-refractivity contribution in [3.63, 3.8) is 0 Å². The van der Waals surface area contributed by atoms with E-state index in [0.717, 1.165) is 34.0 Å². The fourth-order valence-electron chi connectivity index (χ4n) is 2.62. The van der Waals surface area contributed by atoms with Gasteiger partial charge >= 0.3 is 0 Å². The lowest BCUT2D eigenvalue weighted by Crippen LogP contribution is -2.08. The molecule has 3 aromatic rings. The second-order valence-electron chi connectivity index (χ2n) is 5.51. The topological polar surface area (TPSA) is 77.8 Å². The second-order valence-corrected chi connectivity index (χ2v) is 5.51. The van der Waals surface area contributed by atoms with Gasteiger partial charge in [-0.3, -0.25) is 9.67 Å². The van der Waals surface area contributed by atoms with Gasteiger partial charge in [-0.25, -0.2) is 9.97 Å². The van der Waals surface area contributed by atoms with E-state index in [0.29, 0.717) is 12.5 Å². The number of nitrogens with zero attached hydrogens (tertiary/aromatic N) is 5. The molecule has 0 fully saturated rings. The van der Waals surface area contributed by atoms with E-state index in [2.05, 4.69) is 25.4 Å². The van der Waals surface area contributed by atoms with Crippen LogP contribution in [0.25, 0.3) is 11.4 Å². The Hall–Kier alpha value is -2.96. The minimum Gasteiger partial charge on any atom is -0.496 e. The maximum Gasteiger partial charge on any atom is 0.223 e. The minimum absolute atomic E-state index is 0.525. The maximum atomic E-state index is 5.44. The number of hydrogen-bond acceptors (Lipinski definition) is 6. The van der Waals surface area contributed by atoms with E-state index in [4.69, 9.17) is 4.74 Å². The van der Waals surface area contributed by atoms with E-state index < -0.39 is 0 Å². The molecule has 0 aliphatic carbocycles. The SMILES string of the molecule is COc1c(C)cnc(CNc2nccc(-c3ccnn3C)n2)c1C. The van der Waals surface area contributed by atoms with Gasteiger partial charge in [0.05, 0.1) is 30.7 Å². The first-order valence-corrected chi connectivity index (χ1v) is 7.64. The number of aromatic nitrogens is 5. The molecule has 0 atom stereocenters. The fraction of sp³-hybridized carbons (Fsp3) is 0.294. The highest BCUT2D eigenvalue weighted by Gasteiger charge is 2.10. The summed E-state index contributed by atoms with van der Waals surface area (Å²) in [6.07, 6.45) is 5.29. The number of aryl methyl sites for hydroxylation is 2. The van der Waals surface area contributed by atoms with Gasteiger partial charge in [0.15, 0.2) is 0 Å². The predicted molar refractivity (Wildman–Crippen MR) is 91.8 cm³/mol. The van der Waals surface area contributed by atoms with Crippen LogP contribution in [0.15, 0.2) is 30.7 Å². The van der Waals surface area contributed by atoms with Crippen molar-refractivity contribution in [2.75, 3.05) is 12.4 Å². The average Bonchev–Trinajstić information content (AvgIpc) is 3.01. The van der Waals surface area contributed by atoms with Crippen molar-refractivity contribution < 1.29 is 4.74 Å². The number of nitrogens with one attached hydrogen (secondary N) is 1. The molecule has 7 nitrogen and oxygen atoms in total. The molecule has 0 bridgehead atoms. The molecule has 124 valence electrons.